The quantitative estimate of drug-likeness (QED) is 0.336. The molecule has 0 spiro atoms. The van der Waals surface area contributed by atoms with Crippen LogP contribution in [0, 0.1) is 0 Å². The molecule has 0 saturated heterocycles. The third kappa shape index (κ3) is 136. The summed E-state index contributed by atoms with van der Waals surface area (Å²) in [6.07, 6.45) is 0. The van der Waals surface area contributed by atoms with Gasteiger partial charge in [0.05, 0.1) is 0 Å². The van der Waals surface area contributed by atoms with Crippen LogP contribution in [0.5, 0.6) is 0 Å². The smallest absolute Gasteiger partial charge is 0.672 e. The fourth-order valence-electron chi connectivity index (χ4n) is 0. The molecule has 40 valence electrons. The van der Waals surface area contributed by atoms with Crippen LogP contribution in [-0.4, -0.2) is 9.17 Å². The second-order valence-electron chi connectivity index (χ2n) is 0.250. The summed E-state index contributed by atoms with van der Waals surface area (Å²) in [5, 5.41) is 0. The van der Waals surface area contributed by atoms with Crippen LogP contribution in [0.3, 0.4) is 0 Å². The molecule has 0 heterocycles. The van der Waals surface area contributed by atoms with Crippen molar-refractivity contribution >= 4 is 9.17 Å². The number of rotatable bonds is 0. The van der Waals surface area contributed by atoms with Crippen molar-refractivity contribution < 1.29 is 73.2 Å². The van der Waals surface area contributed by atoms with Gasteiger partial charge in [0.25, 0.3) is 0 Å². The fourth-order valence-corrected chi connectivity index (χ4v) is 0. The summed E-state index contributed by atoms with van der Waals surface area (Å²) < 4.78 is 8.52. The van der Waals surface area contributed by atoms with Crippen molar-refractivity contribution in [1.29, 1.82) is 0 Å². The van der Waals surface area contributed by atoms with E-state index in [2.05, 4.69) is 0 Å². The first-order valence-electron chi connectivity index (χ1n) is 0.612. The van der Waals surface area contributed by atoms with Gasteiger partial charge in [-0.3, -0.25) is 0 Å². The van der Waals surface area contributed by atoms with Gasteiger partial charge in [-0.05, 0) is 0 Å². The van der Waals surface area contributed by atoms with Crippen LogP contribution in [0.15, 0.2) is 0 Å². The van der Waals surface area contributed by atoms with Crippen LogP contribution in [0.2, 0.25) is 0 Å². The van der Waals surface area contributed by atoms with Crippen molar-refractivity contribution in [2.45, 2.75) is 0 Å². The van der Waals surface area contributed by atoms with Crippen LogP contribution in [-0.2, 0) is 4.46 Å². The van der Waals surface area contributed by atoms with Gasteiger partial charge in [0.1, 0.15) is 0 Å². The molecule has 0 unspecified atom stereocenters. The predicted molar refractivity (Wildman–Crippen MR) is 16.5 cm³/mol. The normalized spacial score (nSPS) is 3.00. The molecule has 0 aliphatic carbocycles. The Hall–Kier alpha value is 1.54. The van der Waals surface area contributed by atoms with Gasteiger partial charge in [-0.2, -0.15) is 0 Å². The monoisotopic (exact) mass is 156 g/mol. The van der Waals surface area contributed by atoms with Gasteiger partial charge in [-0.15, -0.1) is 0 Å². The van der Waals surface area contributed by atoms with E-state index < -0.39 is 9.17 Å². The van der Waals surface area contributed by atoms with E-state index in [1.54, 1.807) is 0 Å². The molecule has 5 nitrogen and oxygen atoms in total. The maximum absolute atomic E-state index is 8.52. The van der Waals surface area contributed by atoms with Crippen molar-refractivity contribution in [3.05, 3.63) is 0 Å². The third-order valence-corrected chi connectivity index (χ3v) is 0. The Morgan fingerprint density at radius 3 is 1.00 bits per heavy atom. The Balaban J connectivity index is -0.00000000750. The summed E-state index contributed by atoms with van der Waals surface area (Å²) in [4.78, 5) is 17.0. The zero-order valence-electron chi connectivity index (χ0n) is 5.14. The average Bonchev–Trinajstić information content (AvgIpc) is 0.811. The first-order valence-corrected chi connectivity index (χ1v) is 1.84. The Morgan fingerprint density at radius 1 is 1.00 bits per heavy atom. The zero-order valence-corrected chi connectivity index (χ0v) is 10.1. The number of hydrogen-bond acceptors (Lipinski definition) is 5. The summed E-state index contributed by atoms with van der Waals surface area (Å²) in [5.41, 5.74) is 0. The molecule has 8 heavy (non-hydrogen) atoms. The topological polar surface area (TPSA) is 133 Å². The molecule has 0 rings (SSSR count). The molecule has 0 aliphatic heterocycles. The maximum atomic E-state index is 8.52. The summed E-state index contributed by atoms with van der Waals surface area (Å²) in [7, 11) is -3.63. The summed E-state index contributed by atoms with van der Waals surface area (Å²) >= 11 is 0. The average molecular weight is 156 g/mol. The molecule has 0 fully saturated rings. The van der Waals surface area contributed by atoms with E-state index in [9.17, 15) is 0 Å². The summed E-state index contributed by atoms with van der Waals surface area (Å²) in [6.45, 7) is 0. The minimum absolute atomic E-state index is 0. The van der Waals surface area contributed by atoms with Gasteiger partial charge in [-0.1, -0.05) is 0 Å². The molecule has 0 aromatic carbocycles. The van der Waals surface area contributed by atoms with Crippen LogP contribution < -0.4 is 81.0 Å². The van der Waals surface area contributed by atoms with E-state index in [1.807, 2.05) is 0 Å². The molecular weight excluding hydrogens is 150 g/mol. The summed E-state index contributed by atoms with van der Waals surface area (Å²) in [6, 6.07) is 0. The Bertz CT molecular complexity index is 38.3. The molecule has 0 amide bonds. The first-order chi connectivity index (χ1) is 1.73. The second kappa shape index (κ2) is 23.6. The molecule has 0 aromatic heterocycles. The minimum atomic E-state index is -3.63. The molecule has 8 heteroatoms. The zero-order chi connectivity index (χ0) is 3.58. The predicted octanol–water partition coefficient (Wildman–Crippen LogP) is -8.55. The van der Waals surface area contributed by atoms with Gasteiger partial charge in [-0.25, -0.2) is 0 Å². The van der Waals surface area contributed by atoms with Gasteiger partial charge in [0.2, 0.25) is 0 Å². The van der Waals surface area contributed by atoms with E-state index in [0.717, 1.165) is 0 Å². The van der Waals surface area contributed by atoms with E-state index in [-0.39, 0.29) is 71.4 Å². The molecule has 6 N–H and O–H groups in total. The fraction of sp³-hybridized carbons (Fsp3) is 0. The largest absolute Gasteiger partial charge is 1.00 e. The minimum Gasteiger partial charge on any atom is -0.672 e. The molecule has 0 bridgehead atoms. The van der Waals surface area contributed by atoms with Crippen LogP contribution in [0.1, 0.15) is 0 Å². The van der Waals surface area contributed by atoms with Crippen LogP contribution >= 0.6 is 0 Å². The molecule has 0 radical (unpaired) electrons. The van der Waals surface area contributed by atoms with Crippen molar-refractivity contribution in [3.8, 4) is 0 Å². The van der Waals surface area contributed by atoms with Crippen molar-refractivity contribution in [2.75, 3.05) is 0 Å². The van der Waals surface area contributed by atoms with E-state index >= 15 is 0 Å². The molecule has 0 saturated carbocycles. The van der Waals surface area contributed by atoms with Gasteiger partial charge in [0, 0.05) is 9.17 Å². The van der Waals surface area contributed by atoms with Crippen LogP contribution in [0.4, 0.5) is 0 Å². The molecule has 0 aliphatic rings. The molecule has 0 atom stereocenters. The SMILES string of the molecule is N.N.O=[Si]([O-])[O-].[Na+].[Na+]. The van der Waals surface area contributed by atoms with Gasteiger partial charge in [0.15, 0.2) is 0 Å². The van der Waals surface area contributed by atoms with Crippen molar-refractivity contribution in [2.24, 2.45) is 0 Å². The third-order valence-electron chi connectivity index (χ3n) is 0. The van der Waals surface area contributed by atoms with E-state index in [4.69, 9.17) is 14.1 Å². The standard InChI is InChI=1S/2H3N.2Na.O3Si/c;;;;1-4(2)3/h2*1H3;;;/q;;2*+1;-2. The van der Waals surface area contributed by atoms with E-state index in [0.29, 0.717) is 0 Å². The summed E-state index contributed by atoms with van der Waals surface area (Å²) in [5.74, 6) is 0. The Kier molecular flexibility index (Phi) is 99.4. The second-order valence-corrected chi connectivity index (χ2v) is 0.750. The Labute approximate surface area is 93.5 Å². The molecule has 0 aromatic rings. The van der Waals surface area contributed by atoms with Crippen molar-refractivity contribution in [3.63, 3.8) is 0 Å². The van der Waals surface area contributed by atoms with Gasteiger partial charge >= 0.3 is 59.1 Å². The Morgan fingerprint density at radius 2 is 1.00 bits per heavy atom. The van der Waals surface area contributed by atoms with Crippen molar-refractivity contribution in [1.82, 2.24) is 12.3 Å². The van der Waals surface area contributed by atoms with Gasteiger partial charge < -0.3 is 26.4 Å². The van der Waals surface area contributed by atoms with E-state index in [1.165, 1.54) is 0 Å². The van der Waals surface area contributed by atoms with Crippen LogP contribution in [0.25, 0.3) is 0 Å². The molecular formula is H6N2Na2O3Si. The first kappa shape index (κ1) is 33.8. The maximum Gasteiger partial charge on any atom is 1.00 e. The number of hydrogen-bond donors (Lipinski definition) is 2.